The van der Waals surface area contributed by atoms with Gasteiger partial charge < -0.3 is 24.4 Å². The molecule has 1 fully saturated rings. The molecule has 1 aliphatic rings. The zero-order valence-corrected chi connectivity index (χ0v) is 22.6. The number of hydrogen-bond acceptors (Lipinski definition) is 11. The Kier molecular flexibility index (Phi) is 11.0. The predicted molar refractivity (Wildman–Crippen MR) is 134 cm³/mol. The van der Waals surface area contributed by atoms with Crippen LogP contribution in [-0.2, 0) is 32.0 Å². The molecule has 2 heterocycles. The quantitative estimate of drug-likeness (QED) is 0.140. The zero-order chi connectivity index (χ0) is 28.6. The van der Waals surface area contributed by atoms with Crippen molar-refractivity contribution in [2.75, 3.05) is 13.2 Å². The number of benzene rings is 1. The molecule has 1 aromatic carbocycles. The van der Waals surface area contributed by atoms with E-state index >= 15 is 0 Å². The van der Waals surface area contributed by atoms with Gasteiger partial charge in [0.1, 0.15) is 12.2 Å². The van der Waals surface area contributed by atoms with Crippen LogP contribution in [0.5, 0.6) is 0 Å². The third kappa shape index (κ3) is 9.04. The number of nitrogens with one attached hydrogen (secondary N) is 1. The molecule has 0 aliphatic carbocycles. The summed E-state index contributed by atoms with van der Waals surface area (Å²) in [6.45, 7) is 0.892. The molecule has 1 aliphatic heterocycles. The van der Waals surface area contributed by atoms with Crippen molar-refractivity contribution in [2.45, 2.75) is 57.1 Å². The van der Waals surface area contributed by atoms with E-state index in [1.807, 2.05) is 11.9 Å². The highest BCUT2D eigenvalue weighted by atomic mass is 31.3. The van der Waals surface area contributed by atoms with Gasteiger partial charge in [0.25, 0.3) is 5.56 Å². The number of aliphatic hydroxyl groups is 1. The van der Waals surface area contributed by atoms with Crippen LogP contribution in [0.1, 0.15) is 49.2 Å². The standard InChI is InChI=1S/C22H30N2O13P2/c1-2-3-4-8-13-33-38(29,30)37-39(31,32)34-14-16-18(26)19(36-21(27)15-9-6-5-7-10-15)20(35-16)24-12-11-17(25)23-22(24)28/h5-7,9-12,16,18-20,26H,2-4,8,13-14H2,1H3,(H,29,30)(H,31,32)(H,23,25,28)/t16-,18?,19+,20-/m1/s1. The number of phosphoric acid groups is 2. The number of aromatic amines is 1. The summed E-state index contributed by atoms with van der Waals surface area (Å²) in [6.07, 6.45) is -2.23. The SMILES string of the molecule is CCCCCCOP(=O)(O)OP(=O)(O)OC[C@H]1O[C@@H](n2ccc(=O)[nH]c2=O)[C@@H](OC(=O)c2ccccc2)C1O. The number of H-pyrrole nitrogens is 1. The van der Waals surface area contributed by atoms with Crippen molar-refractivity contribution in [3.8, 4) is 0 Å². The van der Waals surface area contributed by atoms with Gasteiger partial charge in [-0.15, -0.1) is 0 Å². The monoisotopic (exact) mass is 592 g/mol. The van der Waals surface area contributed by atoms with Crippen molar-refractivity contribution in [2.24, 2.45) is 0 Å². The first-order valence-electron chi connectivity index (χ1n) is 12.0. The lowest BCUT2D eigenvalue weighted by molar-refractivity contribution is -0.0597. The summed E-state index contributed by atoms with van der Waals surface area (Å²) >= 11 is 0. The van der Waals surface area contributed by atoms with E-state index in [0.29, 0.717) is 6.42 Å². The van der Waals surface area contributed by atoms with E-state index in [4.69, 9.17) is 14.0 Å². The third-order valence-electron chi connectivity index (χ3n) is 5.55. The Bertz CT molecular complexity index is 1310. The first-order valence-corrected chi connectivity index (χ1v) is 15.0. The fourth-order valence-electron chi connectivity index (χ4n) is 3.65. The van der Waals surface area contributed by atoms with Gasteiger partial charge in [-0.3, -0.25) is 23.4 Å². The molecule has 6 atom stereocenters. The smallest absolute Gasteiger partial charge is 0.451 e. The Hall–Kier alpha value is -2.45. The van der Waals surface area contributed by atoms with Gasteiger partial charge in [0.05, 0.1) is 18.8 Å². The van der Waals surface area contributed by atoms with Gasteiger partial charge in [0, 0.05) is 12.3 Å². The molecule has 0 saturated carbocycles. The van der Waals surface area contributed by atoms with E-state index in [1.165, 1.54) is 12.1 Å². The number of aromatic nitrogens is 2. The highest BCUT2D eigenvalue weighted by molar-refractivity contribution is 7.61. The molecule has 0 bridgehead atoms. The number of rotatable bonds is 14. The molecule has 2 aromatic rings. The van der Waals surface area contributed by atoms with Crippen LogP contribution >= 0.6 is 15.6 Å². The first-order chi connectivity index (χ1) is 18.4. The van der Waals surface area contributed by atoms with Gasteiger partial charge in [0.15, 0.2) is 12.3 Å². The second-order valence-electron chi connectivity index (χ2n) is 8.52. The topological polar surface area (TPSA) is 213 Å². The number of esters is 1. The van der Waals surface area contributed by atoms with Crippen molar-refractivity contribution in [1.29, 1.82) is 0 Å². The Morgan fingerprint density at radius 2 is 1.74 bits per heavy atom. The van der Waals surface area contributed by atoms with E-state index in [0.717, 1.165) is 36.1 Å². The summed E-state index contributed by atoms with van der Waals surface area (Å²) in [5, 5.41) is 10.8. The van der Waals surface area contributed by atoms with Gasteiger partial charge in [0.2, 0.25) is 0 Å². The summed E-state index contributed by atoms with van der Waals surface area (Å²) in [6, 6.07) is 8.71. The average Bonchev–Trinajstić information content (AvgIpc) is 3.17. The van der Waals surface area contributed by atoms with Gasteiger partial charge in [-0.05, 0) is 18.6 Å². The molecule has 15 nitrogen and oxygen atoms in total. The number of unbranched alkanes of at least 4 members (excludes halogenated alkanes) is 3. The molecule has 3 unspecified atom stereocenters. The van der Waals surface area contributed by atoms with Crippen molar-refractivity contribution in [3.63, 3.8) is 0 Å². The summed E-state index contributed by atoms with van der Waals surface area (Å²) in [5.74, 6) is -0.874. The maximum Gasteiger partial charge on any atom is 0.481 e. The van der Waals surface area contributed by atoms with E-state index in [-0.39, 0.29) is 12.2 Å². The lowest BCUT2D eigenvalue weighted by Gasteiger charge is -2.22. The zero-order valence-electron chi connectivity index (χ0n) is 20.9. The molecule has 216 valence electrons. The Balaban J connectivity index is 1.71. The highest BCUT2D eigenvalue weighted by Gasteiger charge is 2.49. The molecule has 1 saturated heterocycles. The second kappa shape index (κ2) is 13.8. The molecule has 1 aromatic heterocycles. The van der Waals surface area contributed by atoms with Crippen LogP contribution in [0.15, 0.2) is 52.2 Å². The third-order valence-corrected chi connectivity index (χ3v) is 8.19. The van der Waals surface area contributed by atoms with Crippen molar-refractivity contribution in [3.05, 3.63) is 69.0 Å². The van der Waals surface area contributed by atoms with Gasteiger partial charge in [-0.2, -0.15) is 4.31 Å². The Morgan fingerprint density at radius 1 is 1.05 bits per heavy atom. The molecule has 3 rings (SSSR count). The van der Waals surface area contributed by atoms with Gasteiger partial charge in [-0.1, -0.05) is 44.4 Å². The van der Waals surface area contributed by atoms with Crippen LogP contribution in [0.2, 0.25) is 0 Å². The maximum atomic E-state index is 12.6. The number of carbonyl (C=O) groups is 1. The number of carbonyl (C=O) groups excluding carboxylic acids is 1. The summed E-state index contributed by atoms with van der Waals surface area (Å²) in [5.41, 5.74) is -1.54. The van der Waals surface area contributed by atoms with Crippen LogP contribution in [0.25, 0.3) is 0 Å². The number of hydrogen-bond donors (Lipinski definition) is 4. The molecule has 0 amide bonds. The van der Waals surface area contributed by atoms with Crippen molar-refractivity contribution >= 4 is 21.6 Å². The molecule has 4 N–H and O–H groups in total. The fraction of sp³-hybridized carbons (Fsp3) is 0.500. The largest absolute Gasteiger partial charge is 0.481 e. The van der Waals surface area contributed by atoms with Crippen molar-refractivity contribution < 1.29 is 51.6 Å². The van der Waals surface area contributed by atoms with E-state index in [1.54, 1.807) is 18.2 Å². The molecule has 17 heteroatoms. The molecular weight excluding hydrogens is 562 g/mol. The maximum absolute atomic E-state index is 12.6. The molecule has 39 heavy (non-hydrogen) atoms. The minimum absolute atomic E-state index is 0.124. The Morgan fingerprint density at radius 3 is 2.41 bits per heavy atom. The minimum atomic E-state index is -5.21. The summed E-state index contributed by atoms with van der Waals surface area (Å²) < 4.78 is 49.9. The normalized spacial score (nSPS) is 24.1. The van der Waals surface area contributed by atoms with E-state index in [2.05, 4.69) is 8.83 Å². The molecule has 0 radical (unpaired) electrons. The van der Waals surface area contributed by atoms with Crippen molar-refractivity contribution in [1.82, 2.24) is 9.55 Å². The molecular formula is C22H30N2O13P2. The Labute approximate surface area is 222 Å². The second-order valence-corrected chi connectivity index (χ2v) is 11.6. The lowest BCUT2D eigenvalue weighted by Crippen LogP contribution is -2.40. The van der Waals surface area contributed by atoms with Crippen LogP contribution in [0.3, 0.4) is 0 Å². The number of ether oxygens (including phenoxy) is 2. The predicted octanol–water partition coefficient (Wildman–Crippen LogP) is 1.85. The number of phosphoric ester groups is 2. The van der Waals surface area contributed by atoms with Crippen LogP contribution in [0.4, 0.5) is 0 Å². The van der Waals surface area contributed by atoms with Crippen LogP contribution < -0.4 is 11.2 Å². The number of aliphatic hydroxyl groups excluding tert-OH is 1. The lowest BCUT2D eigenvalue weighted by atomic mass is 10.1. The van der Waals surface area contributed by atoms with Crippen LogP contribution in [0, 0.1) is 0 Å². The molecule has 0 spiro atoms. The van der Waals surface area contributed by atoms with Gasteiger partial charge >= 0.3 is 27.3 Å². The van der Waals surface area contributed by atoms with E-state index < -0.39 is 64.0 Å². The van der Waals surface area contributed by atoms with Gasteiger partial charge in [-0.25, -0.2) is 18.7 Å². The summed E-state index contributed by atoms with van der Waals surface area (Å²) in [4.78, 5) is 58.2. The average molecular weight is 592 g/mol. The first kappa shape index (κ1) is 31.1. The number of nitrogens with zero attached hydrogens (tertiary/aromatic N) is 1. The highest BCUT2D eigenvalue weighted by Crippen LogP contribution is 2.60. The fourth-order valence-corrected chi connectivity index (χ4v) is 5.77. The minimum Gasteiger partial charge on any atom is -0.451 e. The summed E-state index contributed by atoms with van der Waals surface area (Å²) in [7, 11) is -10.2. The van der Waals surface area contributed by atoms with Crippen LogP contribution in [-0.4, -0.2) is 61.9 Å². The van der Waals surface area contributed by atoms with E-state index in [9.17, 15) is 38.4 Å².